The van der Waals surface area contributed by atoms with Crippen molar-refractivity contribution in [1.29, 1.82) is 0 Å². The summed E-state index contributed by atoms with van der Waals surface area (Å²) in [6.45, 7) is 6.53. The van der Waals surface area contributed by atoms with E-state index in [2.05, 4.69) is 23.5 Å². The van der Waals surface area contributed by atoms with Crippen molar-refractivity contribution in [2.75, 3.05) is 0 Å². The van der Waals surface area contributed by atoms with E-state index >= 15 is 0 Å². The molecule has 4 bridgehead atoms. The van der Waals surface area contributed by atoms with Crippen LogP contribution < -0.4 is 0 Å². The highest BCUT2D eigenvalue weighted by Gasteiger charge is 2.77. The average molecular weight is 304 g/mol. The number of rotatable bonds is 3. The Labute approximate surface area is 125 Å². The van der Waals surface area contributed by atoms with E-state index in [-0.39, 0.29) is 10.9 Å². The molecule has 4 aliphatic rings. The Bertz CT molecular complexity index is 721. The predicted octanol–water partition coefficient (Wildman–Crippen LogP) is 3.43. The zero-order valence-electron chi connectivity index (χ0n) is 12.5. The Morgan fingerprint density at radius 1 is 1.19 bits per heavy atom. The highest BCUT2D eigenvalue weighted by molar-refractivity contribution is 7.90. The standard InChI is InChI=1S/C16H20N2O2S/c1-9-4-6-10(7-5-9)21(19,20)18-17-15-12-8-11-13(15)14(11)16(12,2)3/h4-7,11-15H,8H2,1-3H3/t11-,12+,13-,14-,15-/m1/s1. The summed E-state index contributed by atoms with van der Waals surface area (Å²) >= 11 is 0. The SMILES string of the molecule is Cc1ccc(S(=O)(=O)N=N[C@H]2[C@@H]3[C@H]4C[C@@H]2C(C)(C)[C@H]43)cc1. The number of sulfonamides is 1. The van der Waals surface area contributed by atoms with Gasteiger partial charge < -0.3 is 0 Å². The molecule has 4 aliphatic carbocycles. The molecule has 0 aromatic heterocycles. The minimum Gasteiger partial charge on any atom is -0.198 e. The van der Waals surface area contributed by atoms with Gasteiger partial charge in [0.05, 0.1) is 10.9 Å². The van der Waals surface area contributed by atoms with Crippen LogP contribution in [0.3, 0.4) is 0 Å². The maximum atomic E-state index is 12.2. The van der Waals surface area contributed by atoms with Gasteiger partial charge in [0.2, 0.25) is 0 Å². The lowest BCUT2D eigenvalue weighted by molar-refractivity contribution is 0.257. The van der Waals surface area contributed by atoms with Gasteiger partial charge in [-0.25, -0.2) is 0 Å². The average Bonchev–Trinajstić information content (AvgIpc) is 2.83. The van der Waals surface area contributed by atoms with Crippen LogP contribution in [0.25, 0.3) is 0 Å². The molecule has 0 radical (unpaired) electrons. The van der Waals surface area contributed by atoms with Crippen LogP contribution >= 0.6 is 0 Å². The molecule has 4 nitrogen and oxygen atoms in total. The maximum Gasteiger partial charge on any atom is 0.299 e. The molecule has 0 saturated heterocycles. The number of benzene rings is 1. The second-order valence-electron chi connectivity index (χ2n) is 7.41. The van der Waals surface area contributed by atoms with Gasteiger partial charge in [0.25, 0.3) is 10.0 Å². The van der Waals surface area contributed by atoms with E-state index in [0.717, 1.165) is 17.4 Å². The molecule has 21 heavy (non-hydrogen) atoms. The molecule has 4 saturated carbocycles. The molecule has 4 fully saturated rings. The third-order valence-corrected chi connectivity index (χ3v) is 7.16. The van der Waals surface area contributed by atoms with Crippen LogP contribution in [0.2, 0.25) is 0 Å². The normalized spacial score (nSPS) is 39.1. The summed E-state index contributed by atoms with van der Waals surface area (Å²) in [6.07, 6.45) is 1.20. The lowest BCUT2D eigenvalue weighted by atomic mass is 9.82. The predicted molar refractivity (Wildman–Crippen MR) is 79.4 cm³/mol. The van der Waals surface area contributed by atoms with Crippen LogP contribution in [0.1, 0.15) is 25.8 Å². The third kappa shape index (κ3) is 1.76. The fraction of sp³-hybridized carbons (Fsp3) is 0.625. The van der Waals surface area contributed by atoms with Crippen molar-refractivity contribution >= 4 is 10.0 Å². The van der Waals surface area contributed by atoms with Crippen LogP contribution in [-0.4, -0.2) is 14.5 Å². The van der Waals surface area contributed by atoms with Gasteiger partial charge >= 0.3 is 0 Å². The molecule has 0 unspecified atom stereocenters. The van der Waals surface area contributed by atoms with E-state index in [4.69, 9.17) is 0 Å². The molecule has 0 heterocycles. The fourth-order valence-corrected chi connectivity index (χ4v) is 5.75. The summed E-state index contributed by atoms with van der Waals surface area (Å²) < 4.78 is 28.2. The first-order valence-corrected chi connectivity index (χ1v) is 9.00. The Balaban J connectivity index is 1.58. The van der Waals surface area contributed by atoms with Crippen molar-refractivity contribution in [2.24, 2.45) is 38.7 Å². The van der Waals surface area contributed by atoms with Crippen molar-refractivity contribution < 1.29 is 8.42 Å². The second-order valence-corrected chi connectivity index (χ2v) is 8.99. The van der Waals surface area contributed by atoms with Gasteiger partial charge in [-0.15, -0.1) is 0 Å². The molecule has 5 atom stereocenters. The quantitative estimate of drug-likeness (QED) is 0.803. The van der Waals surface area contributed by atoms with Crippen LogP contribution in [-0.2, 0) is 10.0 Å². The molecular formula is C16H20N2O2S. The minimum atomic E-state index is -3.65. The van der Waals surface area contributed by atoms with E-state index in [1.54, 1.807) is 24.3 Å². The summed E-state index contributed by atoms with van der Waals surface area (Å²) in [7, 11) is -3.65. The molecule has 112 valence electrons. The molecule has 1 aromatic carbocycles. The first-order chi connectivity index (χ1) is 9.82. The highest BCUT2D eigenvalue weighted by Crippen LogP contribution is 2.78. The number of aryl methyl sites for hydroxylation is 1. The van der Waals surface area contributed by atoms with Gasteiger partial charge in [-0.05, 0) is 54.6 Å². The van der Waals surface area contributed by atoms with Gasteiger partial charge in [0.1, 0.15) is 0 Å². The first kappa shape index (κ1) is 13.4. The molecule has 0 N–H and O–H groups in total. The maximum absolute atomic E-state index is 12.2. The van der Waals surface area contributed by atoms with Gasteiger partial charge in [-0.1, -0.05) is 36.1 Å². The van der Waals surface area contributed by atoms with Gasteiger partial charge in [0, 0.05) is 0 Å². The molecular weight excluding hydrogens is 284 g/mol. The number of hydrogen-bond donors (Lipinski definition) is 0. The Kier molecular flexibility index (Phi) is 2.52. The summed E-state index contributed by atoms with van der Waals surface area (Å²) in [5.74, 6) is 2.61. The second kappa shape index (κ2) is 3.94. The summed E-state index contributed by atoms with van der Waals surface area (Å²) in [5, 5.41) is 4.27. The fourth-order valence-electron chi connectivity index (χ4n) is 4.94. The zero-order chi connectivity index (χ0) is 15.0. The van der Waals surface area contributed by atoms with Crippen molar-refractivity contribution in [1.82, 2.24) is 0 Å². The lowest BCUT2D eigenvalue weighted by Gasteiger charge is -2.24. The van der Waals surface area contributed by atoms with Crippen LogP contribution in [0, 0.1) is 36.0 Å². The molecule has 0 spiro atoms. The van der Waals surface area contributed by atoms with Crippen LogP contribution in [0.15, 0.2) is 38.8 Å². The topological polar surface area (TPSA) is 58.9 Å². The monoisotopic (exact) mass is 304 g/mol. The Hall–Kier alpha value is -1.23. The van der Waals surface area contributed by atoms with Crippen molar-refractivity contribution in [2.45, 2.75) is 38.1 Å². The molecule has 1 aromatic rings. The molecule has 5 heteroatoms. The number of hydrogen-bond acceptors (Lipinski definition) is 3. The minimum absolute atomic E-state index is 0.121. The molecule has 5 rings (SSSR count). The molecule has 0 aliphatic heterocycles. The largest absolute Gasteiger partial charge is 0.299 e. The van der Waals surface area contributed by atoms with E-state index in [9.17, 15) is 8.42 Å². The van der Waals surface area contributed by atoms with Crippen molar-refractivity contribution in [3.05, 3.63) is 29.8 Å². The smallest absolute Gasteiger partial charge is 0.198 e. The van der Waals surface area contributed by atoms with Gasteiger partial charge in [0.15, 0.2) is 0 Å². The van der Waals surface area contributed by atoms with E-state index in [0.29, 0.717) is 17.3 Å². The zero-order valence-corrected chi connectivity index (χ0v) is 13.3. The van der Waals surface area contributed by atoms with Crippen molar-refractivity contribution in [3.8, 4) is 0 Å². The van der Waals surface area contributed by atoms with E-state index < -0.39 is 10.0 Å². The van der Waals surface area contributed by atoms with Crippen LogP contribution in [0.4, 0.5) is 0 Å². The van der Waals surface area contributed by atoms with E-state index in [1.807, 2.05) is 6.92 Å². The van der Waals surface area contributed by atoms with Gasteiger partial charge in [-0.3, -0.25) is 0 Å². The summed E-state index contributed by atoms with van der Waals surface area (Å²) in [5.41, 5.74) is 1.34. The Morgan fingerprint density at radius 2 is 1.86 bits per heavy atom. The van der Waals surface area contributed by atoms with Crippen LogP contribution in [0.5, 0.6) is 0 Å². The van der Waals surface area contributed by atoms with E-state index in [1.165, 1.54) is 6.42 Å². The summed E-state index contributed by atoms with van der Waals surface area (Å²) in [4.78, 5) is 0.230. The third-order valence-electron chi connectivity index (χ3n) is 5.98. The summed E-state index contributed by atoms with van der Waals surface area (Å²) in [6, 6.07) is 6.89. The number of nitrogens with zero attached hydrogens (tertiary/aromatic N) is 2. The first-order valence-electron chi connectivity index (χ1n) is 7.56. The van der Waals surface area contributed by atoms with Gasteiger partial charge in [-0.2, -0.15) is 13.5 Å². The highest BCUT2D eigenvalue weighted by atomic mass is 32.2. The lowest BCUT2D eigenvalue weighted by Crippen LogP contribution is -2.21. The van der Waals surface area contributed by atoms with Crippen molar-refractivity contribution in [3.63, 3.8) is 0 Å². The Morgan fingerprint density at radius 3 is 2.33 bits per heavy atom. The molecule has 0 amide bonds.